The third-order valence-corrected chi connectivity index (χ3v) is 7.58. The zero-order valence-electron chi connectivity index (χ0n) is 22.8. The molecule has 0 saturated heterocycles. The third kappa shape index (κ3) is 5.51. The fraction of sp³-hybridized carbons (Fsp3) is 0.323. The second-order valence-corrected chi connectivity index (χ2v) is 10.7. The molecule has 0 saturated carbocycles. The predicted molar refractivity (Wildman–Crippen MR) is 144 cm³/mol. The van der Waals surface area contributed by atoms with Crippen LogP contribution in [0.25, 0.3) is 11.5 Å². The van der Waals surface area contributed by atoms with E-state index in [4.69, 9.17) is 9.15 Å². The predicted octanol–water partition coefficient (Wildman–Crippen LogP) is 6.82. The molecule has 0 spiro atoms. The van der Waals surface area contributed by atoms with E-state index in [1.807, 2.05) is 12.2 Å². The molecule has 0 unspecified atom stereocenters. The van der Waals surface area contributed by atoms with Gasteiger partial charge in [-0.15, -0.1) is 0 Å². The van der Waals surface area contributed by atoms with Crippen molar-refractivity contribution in [3.8, 4) is 17.2 Å². The number of carbonyl (C=O) groups excluding carboxylic acids is 1. The van der Waals surface area contributed by atoms with Gasteiger partial charge in [-0.25, -0.2) is 9.78 Å². The summed E-state index contributed by atoms with van der Waals surface area (Å²) in [5.74, 6) is -0.236. The minimum absolute atomic E-state index is 0.0298. The van der Waals surface area contributed by atoms with Gasteiger partial charge in [-0.3, -0.25) is 9.69 Å². The van der Waals surface area contributed by atoms with Gasteiger partial charge in [-0.2, -0.15) is 13.2 Å². The Bertz CT molecular complexity index is 1550. The van der Waals surface area contributed by atoms with Crippen LogP contribution < -0.4 is 4.74 Å². The number of hydrogen-bond donors (Lipinski definition) is 1. The van der Waals surface area contributed by atoms with E-state index < -0.39 is 29.2 Å². The molecule has 2 heterocycles. The van der Waals surface area contributed by atoms with E-state index >= 15 is 0 Å². The minimum Gasteiger partial charge on any atom is -0.487 e. The van der Waals surface area contributed by atoms with Crippen LogP contribution in [-0.2, 0) is 27.8 Å². The third-order valence-electron chi connectivity index (χ3n) is 7.58. The number of aryl methyl sites for hydroxylation is 1. The van der Waals surface area contributed by atoms with Gasteiger partial charge in [0.25, 0.3) is 0 Å². The summed E-state index contributed by atoms with van der Waals surface area (Å²) in [4.78, 5) is 31.7. The normalized spacial score (nSPS) is 17.1. The fourth-order valence-electron chi connectivity index (χ4n) is 5.14. The highest BCUT2D eigenvalue weighted by Gasteiger charge is 2.45. The molecular formula is C31H29F3N2O5. The van der Waals surface area contributed by atoms with Crippen LogP contribution in [0, 0.1) is 6.92 Å². The van der Waals surface area contributed by atoms with Gasteiger partial charge in [0.2, 0.25) is 11.8 Å². The molecule has 0 bridgehead atoms. The van der Waals surface area contributed by atoms with Crippen molar-refractivity contribution < 1.29 is 37.0 Å². The molecule has 10 heteroatoms. The van der Waals surface area contributed by atoms with Crippen molar-refractivity contribution in [1.29, 1.82) is 0 Å². The lowest BCUT2D eigenvalue weighted by molar-refractivity contribution is -0.149. The molecule has 3 aromatic rings. The minimum atomic E-state index is -4.43. The molecule has 2 aromatic carbocycles. The summed E-state index contributed by atoms with van der Waals surface area (Å²) in [7, 11) is 0. The quantitative estimate of drug-likeness (QED) is 0.338. The van der Waals surface area contributed by atoms with Crippen LogP contribution in [0.4, 0.5) is 13.2 Å². The zero-order valence-corrected chi connectivity index (χ0v) is 22.8. The lowest BCUT2D eigenvalue weighted by Crippen LogP contribution is -2.48. The molecule has 1 atom stereocenters. The van der Waals surface area contributed by atoms with Crippen molar-refractivity contribution in [2.75, 3.05) is 0 Å². The van der Waals surface area contributed by atoms with Gasteiger partial charge in [0.05, 0.1) is 11.0 Å². The number of carboxylic acids is 1. The van der Waals surface area contributed by atoms with Crippen LogP contribution in [0.5, 0.6) is 5.75 Å². The highest BCUT2D eigenvalue weighted by atomic mass is 19.4. The maximum atomic E-state index is 13.9. The SMILES string of the molecule is Cc1oc(-c2ccc(C(F)(F)F)cc2)nc1COc1cccc(C(C)(C)C(=O)N2C3=C(CCC=C3)C[C@@H]2C(=O)O)c1. The standard InChI is InChI=1S/C31H29F3N2O5/c1-18-24(35-27(41-18)19-11-13-21(14-12-19)31(32,33)34)17-40-23-9-6-8-22(16-23)30(2,3)29(39)36-25-10-5-4-7-20(25)15-26(36)28(37)38/h5-6,8-14,16,26H,4,7,15,17H2,1-3H3,(H,37,38)/t26-/m1/s1. The van der Waals surface area contributed by atoms with Gasteiger partial charge < -0.3 is 14.3 Å². The summed E-state index contributed by atoms with van der Waals surface area (Å²) in [6, 6.07) is 10.6. The van der Waals surface area contributed by atoms with Crippen LogP contribution >= 0.6 is 0 Å². The number of carbonyl (C=O) groups is 2. The first-order valence-corrected chi connectivity index (χ1v) is 13.2. The van der Waals surface area contributed by atoms with Gasteiger partial charge >= 0.3 is 12.1 Å². The molecule has 0 radical (unpaired) electrons. The van der Waals surface area contributed by atoms with Crippen LogP contribution in [-0.4, -0.2) is 32.9 Å². The Morgan fingerprint density at radius 3 is 2.54 bits per heavy atom. The van der Waals surface area contributed by atoms with E-state index in [9.17, 15) is 27.9 Å². The van der Waals surface area contributed by atoms with Crippen molar-refractivity contribution in [2.45, 2.75) is 64.3 Å². The number of aliphatic carboxylic acids is 1. The highest BCUT2D eigenvalue weighted by Crippen LogP contribution is 2.40. The Kier molecular flexibility index (Phi) is 7.27. The topological polar surface area (TPSA) is 92.9 Å². The first-order chi connectivity index (χ1) is 19.4. The van der Waals surface area contributed by atoms with E-state index in [-0.39, 0.29) is 18.4 Å². The average molecular weight is 567 g/mol. The number of halogens is 3. The van der Waals surface area contributed by atoms with Crippen LogP contribution in [0.15, 0.2) is 76.4 Å². The molecule has 0 fully saturated rings. The van der Waals surface area contributed by atoms with Gasteiger partial charge in [0, 0.05) is 17.7 Å². The smallest absolute Gasteiger partial charge is 0.416 e. The molecule has 2 aliphatic rings. The number of aromatic nitrogens is 1. The molecular weight excluding hydrogens is 537 g/mol. The van der Waals surface area contributed by atoms with Crippen molar-refractivity contribution in [3.63, 3.8) is 0 Å². The molecule has 5 rings (SSSR count). The number of hydrogen-bond acceptors (Lipinski definition) is 5. The van der Waals surface area contributed by atoms with Gasteiger partial charge in [-0.05, 0) is 87.2 Å². The Morgan fingerprint density at radius 1 is 1.12 bits per heavy atom. The molecule has 1 amide bonds. The molecule has 1 aliphatic carbocycles. The Balaban J connectivity index is 1.32. The molecule has 214 valence electrons. The van der Waals surface area contributed by atoms with Gasteiger partial charge in [0.1, 0.15) is 29.9 Å². The number of nitrogens with zero attached hydrogens (tertiary/aromatic N) is 2. The first kappa shape index (κ1) is 28.2. The van der Waals surface area contributed by atoms with E-state index in [0.717, 1.165) is 30.5 Å². The molecule has 1 aromatic heterocycles. The number of allylic oxidation sites excluding steroid dienone is 2. The monoisotopic (exact) mass is 566 g/mol. The van der Waals surface area contributed by atoms with Crippen LogP contribution in [0.2, 0.25) is 0 Å². The largest absolute Gasteiger partial charge is 0.487 e. The van der Waals surface area contributed by atoms with Crippen molar-refractivity contribution in [2.24, 2.45) is 0 Å². The average Bonchev–Trinajstić information content (AvgIpc) is 3.52. The van der Waals surface area contributed by atoms with Crippen molar-refractivity contribution in [1.82, 2.24) is 9.88 Å². The Morgan fingerprint density at radius 2 is 1.85 bits per heavy atom. The molecule has 7 nitrogen and oxygen atoms in total. The van der Waals surface area contributed by atoms with Crippen LogP contribution in [0.3, 0.4) is 0 Å². The van der Waals surface area contributed by atoms with Crippen molar-refractivity contribution in [3.05, 3.63) is 94.5 Å². The summed E-state index contributed by atoms with van der Waals surface area (Å²) in [5.41, 5.74) is 1.39. The van der Waals surface area contributed by atoms with E-state index in [0.29, 0.717) is 40.4 Å². The second kappa shape index (κ2) is 10.6. The lowest BCUT2D eigenvalue weighted by atomic mass is 9.82. The second-order valence-electron chi connectivity index (χ2n) is 10.7. The fourth-order valence-corrected chi connectivity index (χ4v) is 5.14. The summed E-state index contributed by atoms with van der Waals surface area (Å²) < 4.78 is 50.3. The number of amides is 1. The number of alkyl halides is 3. The molecule has 1 aliphatic heterocycles. The number of ether oxygens (including phenoxy) is 1. The summed E-state index contributed by atoms with van der Waals surface area (Å²) in [5, 5.41) is 9.86. The van der Waals surface area contributed by atoms with Gasteiger partial charge in [0.15, 0.2) is 0 Å². The van der Waals surface area contributed by atoms with Gasteiger partial charge in [-0.1, -0.05) is 18.2 Å². The van der Waals surface area contributed by atoms with Crippen molar-refractivity contribution >= 4 is 11.9 Å². The maximum absolute atomic E-state index is 13.9. The maximum Gasteiger partial charge on any atom is 0.416 e. The summed E-state index contributed by atoms with van der Waals surface area (Å²) in [6.45, 7) is 5.24. The number of rotatable bonds is 7. The van der Waals surface area contributed by atoms with E-state index in [1.54, 1.807) is 45.0 Å². The number of oxazole rings is 1. The lowest BCUT2D eigenvalue weighted by Gasteiger charge is -2.33. The number of carboxylic acid groups (broad SMARTS) is 1. The van der Waals surface area contributed by atoms with E-state index in [1.165, 1.54) is 17.0 Å². The molecule has 41 heavy (non-hydrogen) atoms. The zero-order chi connectivity index (χ0) is 29.5. The van der Waals surface area contributed by atoms with Crippen LogP contribution in [0.1, 0.15) is 55.7 Å². The van der Waals surface area contributed by atoms with E-state index in [2.05, 4.69) is 4.98 Å². The Labute approximate surface area is 234 Å². The Hall–Kier alpha value is -4.34. The first-order valence-electron chi connectivity index (χ1n) is 13.2. The molecule has 1 N–H and O–H groups in total. The summed E-state index contributed by atoms with van der Waals surface area (Å²) in [6.07, 6.45) is 1.26. The number of benzene rings is 2. The highest BCUT2D eigenvalue weighted by molar-refractivity contribution is 5.94. The summed E-state index contributed by atoms with van der Waals surface area (Å²) >= 11 is 0.